The minimum absolute atomic E-state index is 0.0467. The summed E-state index contributed by atoms with van der Waals surface area (Å²) in [6.07, 6.45) is 0. The van der Waals surface area contributed by atoms with Crippen LogP contribution < -0.4 is 10.6 Å². The van der Waals surface area contributed by atoms with Crippen molar-refractivity contribution in [3.63, 3.8) is 0 Å². The van der Waals surface area contributed by atoms with Gasteiger partial charge in [-0.15, -0.1) is 0 Å². The van der Waals surface area contributed by atoms with E-state index in [-0.39, 0.29) is 17.7 Å². The van der Waals surface area contributed by atoms with Crippen molar-refractivity contribution in [2.75, 3.05) is 6.54 Å². The Labute approximate surface area is 94.4 Å². The quantitative estimate of drug-likeness (QED) is 0.769. The Morgan fingerprint density at radius 2 is 2.38 bits per heavy atom. The summed E-state index contributed by atoms with van der Waals surface area (Å²) < 4.78 is 5.17. The number of carbonyl (C=O) groups is 1. The Kier molecular flexibility index (Phi) is 4.55. The number of nitriles is 1. The first-order valence-corrected chi connectivity index (χ1v) is 5.17. The topological polar surface area (TPSA) is 78.1 Å². The van der Waals surface area contributed by atoms with Crippen molar-refractivity contribution in [3.8, 4) is 6.07 Å². The van der Waals surface area contributed by atoms with Crippen LogP contribution in [-0.2, 0) is 11.3 Å². The molecule has 0 saturated heterocycles. The monoisotopic (exact) mass is 221 g/mol. The second-order valence-corrected chi connectivity index (χ2v) is 3.37. The van der Waals surface area contributed by atoms with Crippen LogP contribution in [-0.4, -0.2) is 18.5 Å². The van der Waals surface area contributed by atoms with Gasteiger partial charge in [0.05, 0.1) is 12.6 Å². The molecule has 86 valence electrons. The molecule has 0 radical (unpaired) electrons. The summed E-state index contributed by atoms with van der Waals surface area (Å²) in [5.74, 6) is 0.879. The van der Waals surface area contributed by atoms with E-state index >= 15 is 0 Å². The van der Waals surface area contributed by atoms with Gasteiger partial charge in [-0.25, -0.2) is 0 Å². The molecular formula is C11H15N3O2. The van der Waals surface area contributed by atoms with Crippen molar-refractivity contribution in [2.45, 2.75) is 26.4 Å². The highest BCUT2D eigenvalue weighted by Gasteiger charge is 2.11. The van der Waals surface area contributed by atoms with Gasteiger partial charge in [-0.1, -0.05) is 0 Å². The molecule has 1 unspecified atom stereocenters. The molecule has 1 amide bonds. The summed E-state index contributed by atoms with van der Waals surface area (Å²) >= 11 is 0. The van der Waals surface area contributed by atoms with Gasteiger partial charge in [0, 0.05) is 6.54 Å². The van der Waals surface area contributed by atoms with E-state index in [4.69, 9.17) is 9.68 Å². The minimum atomic E-state index is -0.282. The van der Waals surface area contributed by atoms with Crippen molar-refractivity contribution < 1.29 is 9.21 Å². The van der Waals surface area contributed by atoms with E-state index in [1.54, 1.807) is 19.1 Å². The highest BCUT2D eigenvalue weighted by atomic mass is 16.3. The van der Waals surface area contributed by atoms with Crippen LogP contribution in [0.3, 0.4) is 0 Å². The molecule has 1 atom stereocenters. The molecule has 5 heteroatoms. The van der Waals surface area contributed by atoms with Crippen molar-refractivity contribution in [3.05, 3.63) is 23.7 Å². The SMILES string of the molecule is CCNC(=O)C(C)NCc1ccc(C#N)o1. The molecule has 0 fully saturated rings. The summed E-state index contributed by atoms with van der Waals surface area (Å²) in [6, 6.07) is 4.95. The highest BCUT2D eigenvalue weighted by molar-refractivity contribution is 5.81. The fraction of sp³-hybridized carbons (Fsp3) is 0.455. The van der Waals surface area contributed by atoms with Crippen LogP contribution in [0, 0.1) is 11.3 Å². The van der Waals surface area contributed by atoms with Crippen LogP contribution in [0.2, 0.25) is 0 Å². The Bertz CT molecular complexity index is 392. The molecule has 0 aliphatic carbocycles. The molecule has 0 spiro atoms. The number of nitrogens with zero attached hydrogens (tertiary/aromatic N) is 1. The lowest BCUT2D eigenvalue weighted by Crippen LogP contribution is -2.41. The molecule has 0 saturated carbocycles. The van der Waals surface area contributed by atoms with E-state index in [9.17, 15) is 4.79 Å². The molecule has 16 heavy (non-hydrogen) atoms. The second-order valence-electron chi connectivity index (χ2n) is 3.37. The third-order valence-electron chi connectivity index (χ3n) is 2.10. The van der Waals surface area contributed by atoms with Gasteiger partial charge in [0.25, 0.3) is 0 Å². The van der Waals surface area contributed by atoms with Gasteiger partial charge in [0.1, 0.15) is 11.8 Å². The number of rotatable bonds is 5. The van der Waals surface area contributed by atoms with Gasteiger partial charge in [-0.3, -0.25) is 10.1 Å². The molecular weight excluding hydrogens is 206 g/mol. The van der Waals surface area contributed by atoms with Gasteiger partial charge in [0.2, 0.25) is 11.7 Å². The third kappa shape index (κ3) is 3.41. The average molecular weight is 221 g/mol. The Morgan fingerprint density at radius 1 is 1.62 bits per heavy atom. The number of furan rings is 1. The summed E-state index contributed by atoms with van der Waals surface area (Å²) in [5, 5.41) is 14.3. The smallest absolute Gasteiger partial charge is 0.236 e. The van der Waals surface area contributed by atoms with E-state index in [2.05, 4.69) is 10.6 Å². The van der Waals surface area contributed by atoms with Crippen LogP contribution in [0.4, 0.5) is 0 Å². The third-order valence-corrected chi connectivity index (χ3v) is 2.10. The van der Waals surface area contributed by atoms with Crippen LogP contribution in [0.1, 0.15) is 25.4 Å². The summed E-state index contributed by atoms with van der Waals surface area (Å²) in [6.45, 7) is 4.69. The Hall–Kier alpha value is -1.80. The molecule has 0 aliphatic rings. The van der Waals surface area contributed by atoms with Crippen molar-refractivity contribution >= 4 is 5.91 Å². The summed E-state index contributed by atoms with van der Waals surface area (Å²) in [7, 11) is 0. The van der Waals surface area contributed by atoms with Crippen molar-refractivity contribution in [1.29, 1.82) is 5.26 Å². The van der Waals surface area contributed by atoms with Gasteiger partial charge >= 0.3 is 0 Å². The zero-order chi connectivity index (χ0) is 12.0. The second kappa shape index (κ2) is 5.93. The lowest BCUT2D eigenvalue weighted by Gasteiger charge is -2.11. The van der Waals surface area contributed by atoms with Crippen LogP contribution in [0.15, 0.2) is 16.5 Å². The number of hydrogen-bond acceptors (Lipinski definition) is 4. The van der Waals surface area contributed by atoms with E-state index in [1.165, 1.54) is 0 Å². The zero-order valence-electron chi connectivity index (χ0n) is 9.41. The standard InChI is InChI=1S/C11H15N3O2/c1-3-13-11(15)8(2)14-7-10-5-4-9(6-12)16-10/h4-5,8,14H,3,7H2,1-2H3,(H,13,15). The first-order chi connectivity index (χ1) is 7.67. The molecule has 2 N–H and O–H groups in total. The van der Waals surface area contributed by atoms with Gasteiger partial charge < -0.3 is 9.73 Å². The lowest BCUT2D eigenvalue weighted by atomic mass is 10.3. The lowest BCUT2D eigenvalue weighted by molar-refractivity contribution is -0.122. The molecule has 0 aromatic carbocycles. The summed E-state index contributed by atoms with van der Waals surface area (Å²) in [5.41, 5.74) is 0. The molecule has 0 aliphatic heterocycles. The van der Waals surface area contributed by atoms with Crippen LogP contribution >= 0.6 is 0 Å². The predicted octanol–water partition coefficient (Wildman–Crippen LogP) is 0.765. The van der Waals surface area contributed by atoms with Crippen LogP contribution in [0.5, 0.6) is 0 Å². The Morgan fingerprint density at radius 3 is 2.94 bits per heavy atom. The van der Waals surface area contributed by atoms with Crippen LogP contribution in [0.25, 0.3) is 0 Å². The van der Waals surface area contributed by atoms with Gasteiger partial charge in [-0.05, 0) is 26.0 Å². The molecule has 1 aromatic heterocycles. The summed E-state index contributed by atoms with van der Waals surface area (Å²) in [4.78, 5) is 11.4. The van der Waals surface area contributed by atoms with E-state index in [1.807, 2.05) is 13.0 Å². The van der Waals surface area contributed by atoms with Gasteiger partial charge in [0.15, 0.2) is 0 Å². The molecule has 1 aromatic rings. The average Bonchev–Trinajstić information content (AvgIpc) is 2.74. The fourth-order valence-corrected chi connectivity index (χ4v) is 1.21. The number of nitrogens with one attached hydrogen (secondary N) is 2. The van der Waals surface area contributed by atoms with E-state index in [0.29, 0.717) is 18.8 Å². The number of carbonyl (C=O) groups excluding carboxylic acids is 1. The molecule has 0 bridgehead atoms. The largest absolute Gasteiger partial charge is 0.449 e. The molecule has 5 nitrogen and oxygen atoms in total. The van der Waals surface area contributed by atoms with E-state index in [0.717, 1.165) is 0 Å². The first-order valence-electron chi connectivity index (χ1n) is 5.17. The van der Waals surface area contributed by atoms with E-state index < -0.39 is 0 Å². The zero-order valence-corrected chi connectivity index (χ0v) is 9.41. The minimum Gasteiger partial charge on any atom is -0.449 e. The maximum Gasteiger partial charge on any atom is 0.236 e. The fourth-order valence-electron chi connectivity index (χ4n) is 1.21. The number of amides is 1. The predicted molar refractivity (Wildman–Crippen MR) is 58.4 cm³/mol. The maximum atomic E-state index is 11.4. The normalized spacial score (nSPS) is 11.8. The Balaban J connectivity index is 2.40. The first kappa shape index (κ1) is 12.3. The number of likely N-dealkylation sites (N-methyl/N-ethyl adjacent to an activating group) is 1. The number of hydrogen-bond donors (Lipinski definition) is 2. The molecule has 1 heterocycles. The van der Waals surface area contributed by atoms with Crippen molar-refractivity contribution in [2.24, 2.45) is 0 Å². The molecule has 1 rings (SSSR count). The van der Waals surface area contributed by atoms with Gasteiger partial charge in [-0.2, -0.15) is 5.26 Å². The maximum absolute atomic E-state index is 11.4. The highest BCUT2D eigenvalue weighted by Crippen LogP contribution is 2.06. The van der Waals surface area contributed by atoms with Crippen molar-refractivity contribution in [1.82, 2.24) is 10.6 Å².